The van der Waals surface area contributed by atoms with E-state index >= 15 is 0 Å². The van der Waals surface area contributed by atoms with E-state index in [1.54, 1.807) is 0 Å². The van der Waals surface area contributed by atoms with Gasteiger partial charge in [-0.1, -0.05) is 13.8 Å². The minimum absolute atomic E-state index is 0.00116. The molecular formula is C13H21NO3S. The first-order valence-corrected chi connectivity index (χ1v) is 8.45. The van der Waals surface area contributed by atoms with Crippen LogP contribution in [0.3, 0.4) is 0 Å². The van der Waals surface area contributed by atoms with Crippen molar-refractivity contribution in [3.63, 3.8) is 0 Å². The molecule has 0 aromatic carbocycles. The third-order valence-electron chi connectivity index (χ3n) is 5.50. The molecule has 3 fully saturated rings. The van der Waals surface area contributed by atoms with Crippen LogP contribution >= 0.6 is 0 Å². The van der Waals surface area contributed by atoms with E-state index in [0.29, 0.717) is 12.3 Å². The van der Waals surface area contributed by atoms with Crippen LogP contribution in [0.15, 0.2) is 0 Å². The number of carbonyl (C=O) groups is 1. The molecule has 0 aromatic heterocycles. The molecule has 0 aromatic rings. The first kappa shape index (κ1) is 12.6. The fourth-order valence-electron chi connectivity index (χ4n) is 3.93. The van der Waals surface area contributed by atoms with Crippen molar-refractivity contribution in [3.05, 3.63) is 0 Å². The molecule has 0 spiro atoms. The second-order valence-electron chi connectivity index (χ2n) is 6.82. The summed E-state index contributed by atoms with van der Waals surface area (Å²) in [5.74, 6) is 0.546. The lowest BCUT2D eigenvalue weighted by atomic mass is 9.70. The van der Waals surface area contributed by atoms with Gasteiger partial charge in [-0.25, -0.2) is 13.1 Å². The number of rotatable bonds is 4. The first-order chi connectivity index (χ1) is 8.27. The molecule has 3 saturated carbocycles. The molecule has 2 atom stereocenters. The molecule has 18 heavy (non-hydrogen) atoms. The molecular weight excluding hydrogens is 250 g/mol. The molecule has 2 unspecified atom stereocenters. The number of hydrogen-bond donors (Lipinski definition) is 1. The van der Waals surface area contributed by atoms with Crippen molar-refractivity contribution >= 4 is 15.8 Å². The minimum atomic E-state index is -3.32. The van der Waals surface area contributed by atoms with Gasteiger partial charge < -0.3 is 0 Å². The van der Waals surface area contributed by atoms with Crippen LogP contribution in [0.1, 0.15) is 46.0 Å². The second kappa shape index (κ2) is 3.57. The summed E-state index contributed by atoms with van der Waals surface area (Å²) in [5, 5.41) is 0. The van der Waals surface area contributed by atoms with E-state index in [1.807, 2.05) is 0 Å². The predicted octanol–water partition coefficient (Wildman–Crippen LogP) is 1.46. The Bertz CT molecular complexity index is 492. The summed E-state index contributed by atoms with van der Waals surface area (Å²) in [7, 11) is -3.32. The number of sulfonamides is 1. The van der Waals surface area contributed by atoms with E-state index in [2.05, 4.69) is 18.6 Å². The van der Waals surface area contributed by atoms with Crippen molar-refractivity contribution in [2.75, 3.05) is 5.75 Å². The van der Waals surface area contributed by atoms with Crippen LogP contribution in [0.2, 0.25) is 0 Å². The maximum atomic E-state index is 12.3. The highest BCUT2D eigenvalue weighted by molar-refractivity contribution is 7.89. The van der Waals surface area contributed by atoms with Crippen molar-refractivity contribution in [2.45, 2.75) is 52.0 Å². The zero-order chi connectivity index (χ0) is 13.2. The van der Waals surface area contributed by atoms with Gasteiger partial charge in [-0.3, -0.25) is 4.79 Å². The SMILES string of the molecule is CC1(C)C2CCC1(CS(=O)(=O)NC1CC1)C(=O)C2. The van der Waals surface area contributed by atoms with Crippen LogP contribution in [0.25, 0.3) is 0 Å². The van der Waals surface area contributed by atoms with E-state index in [1.165, 1.54) is 0 Å². The quantitative estimate of drug-likeness (QED) is 0.842. The highest BCUT2D eigenvalue weighted by atomic mass is 32.2. The van der Waals surface area contributed by atoms with Gasteiger partial charge in [-0.2, -0.15) is 0 Å². The largest absolute Gasteiger partial charge is 0.299 e. The third-order valence-corrected chi connectivity index (χ3v) is 7.06. The Balaban J connectivity index is 1.88. The van der Waals surface area contributed by atoms with Gasteiger partial charge in [0.05, 0.1) is 5.75 Å². The average molecular weight is 271 g/mol. The molecule has 3 aliphatic carbocycles. The molecule has 0 amide bonds. The molecule has 0 aliphatic heterocycles. The number of nitrogens with one attached hydrogen (secondary N) is 1. The zero-order valence-electron chi connectivity index (χ0n) is 11.0. The van der Waals surface area contributed by atoms with E-state index < -0.39 is 15.4 Å². The molecule has 0 saturated heterocycles. The summed E-state index contributed by atoms with van der Waals surface area (Å²) in [6.07, 6.45) is 4.19. The normalized spacial score (nSPS) is 38.3. The summed E-state index contributed by atoms with van der Waals surface area (Å²) in [4.78, 5) is 12.3. The van der Waals surface area contributed by atoms with Crippen LogP contribution in [0.4, 0.5) is 0 Å². The molecule has 4 nitrogen and oxygen atoms in total. The molecule has 102 valence electrons. The summed E-state index contributed by atoms with van der Waals surface area (Å²) >= 11 is 0. The number of ketones is 1. The first-order valence-electron chi connectivity index (χ1n) is 6.80. The standard InChI is InChI=1S/C13H21NO3S/c1-12(2)9-5-6-13(12,11(15)7-9)8-18(16,17)14-10-3-4-10/h9-10,14H,3-8H2,1-2H3. The fourth-order valence-corrected chi connectivity index (χ4v) is 6.08. The number of fused-ring (bicyclic) bond motifs is 2. The molecule has 0 radical (unpaired) electrons. The van der Waals surface area contributed by atoms with Crippen LogP contribution in [0.5, 0.6) is 0 Å². The van der Waals surface area contributed by atoms with E-state index in [4.69, 9.17) is 0 Å². The van der Waals surface area contributed by atoms with E-state index in [9.17, 15) is 13.2 Å². The van der Waals surface area contributed by atoms with Gasteiger partial charge in [0.25, 0.3) is 0 Å². The van der Waals surface area contributed by atoms with Gasteiger partial charge in [0.2, 0.25) is 10.0 Å². The van der Waals surface area contributed by atoms with Gasteiger partial charge in [-0.15, -0.1) is 0 Å². The van der Waals surface area contributed by atoms with E-state index in [-0.39, 0.29) is 23.0 Å². The van der Waals surface area contributed by atoms with Crippen LogP contribution in [-0.2, 0) is 14.8 Å². The highest BCUT2D eigenvalue weighted by Gasteiger charge is 2.65. The molecule has 2 bridgehead atoms. The maximum Gasteiger partial charge on any atom is 0.212 e. The number of hydrogen-bond acceptors (Lipinski definition) is 3. The molecule has 3 rings (SSSR count). The van der Waals surface area contributed by atoms with Crippen molar-refractivity contribution < 1.29 is 13.2 Å². The van der Waals surface area contributed by atoms with Crippen LogP contribution in [-0.4, -0.2) is 26.0 Å². The van der Waals surface area contributed by atoms with Crippen LogP contribution in [0, 0.1) is 16.7 Å². The Hall–Kier alpha value is -0.420. The van der Waals surface area contributed by atoms with Gasteiger partial charge in [0, 0.05) is 17.9 Å². The van der Waals surface area contributed by atoms with Gasteiger partial charge >= 0.3 is 0 Å². The fraction of sp³-hybridized carbons (Fsp3) is 0.923. The van der Waals surface area contributed by atoms with Crippen molar-refractivity contribution in [3.8, 4) is 0 Å². The highest BCUT2D eigenvalue weighted by Crippen LogP contribution is 2.64. The smallest absolute Gasteiger partial charge is 0.212 e. The summed E-state index contributed by atoms with van der Waals surface area (Å²) in [6.45, 7) is 4.14. The van der Waals surface area contributed by atoms with Gasteiger partial charge in [0.15, 0.2) is 0 Å². The second-order valence-corrected chi connectivity index (χ2v) is 8.57. The number of carbonyl (C=O) groups excluding carboxylic acids is 1. The topological polar surface area (TPSA) is 63.2 Å². The maximum absolute atomic E-state index is 12.3. The Morgan fingerprint density at radius 1 is 1.28 bits per heavy atom. The average Bonchev–Trinajstić information content (AvgIpc) is 2.96. The van der Waals surface area contributed by atoms with Crippen molar-refractivity contribution in [2.24, 2.45) is 16.7 Å². The lowest BCUT2D eigenvalue weighted by Gasteiger charge is -2.36. The molecule has 0 heterocycles. The Kier molecular flexibility index (Phi) is 2.50. The van der Waals surface area contributed by atoms with Gasteiger partial charge in [0.1, 0.15) is 5.78 Å². The monoisotopic (exact) mass is 271 g/mol. The predicted molar refractivity (Wildman–Crippen MR) is 68.5 cm³/mol. The minimum Gasteiger partial charge on any atom is -0.299 e. The Morgan fingerprint density at radius 3 is 2.39 bits per heavy atom. The molecule has 1 N–H and O–H groups in total. The lowest BCUT2D eigenvalue weighted by Crippen LogP contribution is -2.45. The third kappa shape index (κ3) is 1.67. The molecule has 5 heteroatoms. The van der Waals surface area contributed by atoms with Gasteiger partial charge in [-0.05, 0) is 37.0 Å². The lowest BCUT2D eigenvalue weighted by molar-refractivity contribution is -0.128. The Morgan fingerprint density at radius 2 is 1.94 bits per heavy atom. The summed E-state index contributed by atoms with van der Waals surface area (Å²) in [5.41, 5.74) is -0.791. The van der Waals surface area contributed by atoms with Crippen LogP contribution < -0.4 is 4.72 Å². The van der Waals surface area contributed by atoms with E-state index in [0.717, 1.165) is 25.7 Å². The summed E-state index contributed by atoms with van der Waals surface area (Å²) < 4.78 is 27.1. The Labute approximate surface area is 109 Å². The van der Waals surface area contributed by atoms with Crippen molar-refractivity contribution in [1.82, 2.24) is 4.72 Å². The van der Waals surface area contributed by atoms with Crippen molar-refractivity contribution in [1.29, 1.82) is 0 Å². The summed E-state index contributed by atoms with van der Waals surface area (Å²) in [6, 6.07) is 0.128. The zero-order valence-corrected chi connectivity index (χ0v) is 11.8. The number of Topliss-reactive ketones (excluding diaryl/α,β-unsaturated/α-hetero) is 1. The molecule has 3 aliphatic rings.